The molecule has 4 aromatic rings. The number of benzene rings is 4. The van der Waals surface area contributed by atoms with Crippen molar-refractivity contribution >= 4 is 39.9 Å². The summed E-state index contributed by atoms with van der Waals surface area (Å²) < 4.78 is 26.4. The van der Waals surface area contributed by atoms with Crippen molar-refractivity contribution in [2.75, 3.05) is 62.4 Å². The lowest BCUT2D eigenvalue weighted by Crippen LogP contribution is -2.53. The molecule has 4 aliphatic heterocycles. The van der Waals surface area contributed by atoms with Crippen molar-refractivity contribution in [3.8, 4) is 6.07 Å². The van der Waals surface area contributed by atoms with E-state index in [0.717, 1.165) is 59.3 Å². The standard InChI is InChI=1S/C41H40FN5O6/c42-34-18-26(22-45-13-15-46(16-14-45)31-8-6-30(21-43)27(20-31)12-17-52-23-41(51)24-53-25-41)4-5-29(34)19-28-7-9-35-38-32(28)2-1-3-33(38)40(50)47(35)36-10-11-37(48)44-39(36)49/h1-9,18,20,36,51H,10-17,19,22-25H2,(H,44,48,49)/t36-/m0/s1. The summed E-state index contributed by atoms with van der Waals surface area (Å²) in [4.78, 5) is 44.0. The van der Waals surface area contributed by atoms with E-state index >= 15 is 4.39 Å². The van der Waals surface area contributed by atoms with Gasteiger partial charge in [-0.05, 0) is 76.9 Å². The van der Waals surface area contributed by atoms with Gasteiger partial charge in [-0.2, -0.15) is 5.26 Å². The SMILES string of the molecule is N#Cc1ccc(N2CCN(Cc3ccc(Cc4ccc5c6c(cccc46)C(=O)N5[C@H]4CCC(=O)NC4=O)c(F)c3)CC2)cc1CCOCC1(O)COC1. The van der Waals surface area contributed by atoms with Gasteiger partial charge in [0.05, 0.1) is 43.7 Å². The quantitative estimate of drug-likeness (QED) is 0.175. The van der Waals surface area contributed by atoms with Crippen molar-refractivity contribution in [3.05, 3.63) is 106 Å². The van der Waals surface area contributed by atoms with Gasteiger partial charge in [-0.25, -0.2) is 4.39 Å². The molecule has 12 heteroatoms. The Bertz CT molecular complexity index is 2150. The van der Waals surface area contributed by atoms with Gasteiger partial charge in [0.25, 0.3) is 5.91 Å². The molecule has 4 aliphatic rings. The number of piperidine rings is 1. The number of rotatable bonds is 11. The van der Waals surface area contributed by atoms with Crippen LogP contribution in [-0.2, 0) is 38.4 Å². The molecule has 1 atom stereocenters. The number of imide groups is 1. The maximum Gasteiger partial charge on any atom is 0.259 e. The van der Waals surface area contributed by atoms with E-state index in [2.05, 4.69) is 27.3 Å². The number of nitriles is 1. The fourth-order valence-electron chi connectivity index (χ4n) is 7.88. The molecule has 4 heterocycles. The predicted molar refractivity (Wildman–Crippen MR) is 195 cm³/mol. The number of ether oxygens (including phenoxy) is 2. The van der Waals surface area contributed by atoms with E-state index in [-0.39, 0.29) is 50.3 Å². The molecule has 3 saturated heterocycles. The third-order valence-corrected chi connectivity index (χ3v) is 10.8. The number of piperazine rings is 1. The summed E-state index contributed by atoms with van der Waals surface area (Å²) >= 11 is 0. The van der Waals surface area contributed by atoms with Crippen LogP contribution in [0.25, 0.3) is 10.8 Å². The third kappa shape index (κ3) is 6.89. The predicted octanol–water partition coefficient (Wildman–Crippen LogP) is 3.85. The molecule has 8 rings (SSSR count). The van der Waals surface area contributed by atoms with Gasteiger partial charge >= 0.3 is 0 Å². The molecule has 4 aromatic carbocycles. The van der Waals surface area contributed by atoms with E-state index in [1.165, 1.54) is 4.90 Å². The minimum absolute atomic E-state index is 0.171. The fraction of sp³-hybridized carbons (Fsp3) is 0.366. The Hall–Kier alpha value is -5.19. The highest BCUT2D eigenvalue weighted by Gasteiger charge is 2.41. The molecule has 0 aromatic heterocycles. The zero-order chi connectivity index (χ0) is 36.7. The molecule has 11 nitrogen and oxygen atoms in total. The lowest BCUT2D eigenvalue weighted by molar-refractivity contribution is -0.204. The van der Waals surface area contributed by atoms with Crippen molar-refractivity contribution in [3.63, 3.8) is 0 Å². The number of amides is 3. The molecule has 0 bridgehead atoms. The first kappa shape index (κ1) is 34.9. The second-order valence-corrected chi connectivity index (χ2v) is 14.5. The number of hydrogen-bond donors (Lipinski definition) is 2. The van der Waals surface area contributed by atoms with Gasteiger partial charge < -0.3 is 19.5 Å². The zero-order valence-electron chi connectivity index (χ0n) is 29.3. The molecular formula is C41H40FN5O6. The number of nitrogens with zero attached hydrogens (tertiary/aromatic N) is 4. The Balaban J connectivity index is 0.894. The molecule has 0 unspecified atom stereocenters. The van der Waals surface area contributed by atoms with Crippen LogP contribution in [0, 0.1) is 17.1 Å². The Morgan fingerprint density at radius 1 is 0.981 bits per heavy atom. The normalized spacial score (nSPS) is 19.7. The first-order chi connectivity index (χ1) is 25.7. The number of carbonyl (C=O) groups is 3. The Labute approximate surface area is 306 Å². The molecule has 3 amide bonds. The van der Waals surface area contributed by atoms with Crippen LogP contribution in [0.1, 0.15) is 51.0 Å². The Kier molecular flexibility index (Phi) is 9.43. The highest BCUT2D eigenvalue weighted by Crippen LogP contribution is 2.41. The van der Waals surface area contributed by atoms with Crippen LogP contribution in [0.15, 0.2) is 66.7 Å². The molecule has 0 spiro atoms. The van der Waals surface area contributed by atoms with Crippen LogP contribution in [0.5, 0.6) is 0 Å². The van der Waals surface area contributed by atoms with Gasteiger partial charge in [0.15, 0.2) is 0 Å². The van der Waals surface area contributed by atoms with Crippen molar-refractivity contribution in [2.45, 2.75) is 43.9 Å². The summed E-state index contributed by atoms with van der Waals surface area (Å²) in [5.74, 6) is -1.36. The zero-order valence-corrected chi connectivity index (χ0v) is 29.3. The lowest BCUT2D eigenvalue weighted by Gasteiger charge is -2.36. The molecule has 0 radical (unpaired) electrons. The minimum atomic E-state index is -0.901. The topological polar surface area (TPSA) is 135 Å². The maximum atomic E-state index is 15.7. The average Bonchev–Trinajstić information content (AvgIpc) is 3.43. The monoisotopic (exact) mass is 717 g/mol. The van der Waals surface area contributed by atoms with Crippen LogP contribution in [-0.4, -0.2) is 92.0 Å². The van der Waals surface area contributed by atoms with Crippen LogP contribution in [0.3, 0.4) is 0 Å². The van der Waals surface area contributed by atoms with Crippen LogP contribution < -0.4 is 15.1 Å². The van der Waals surface area contributed by atoms with Gasteiger partial charge in [-0.3, -0.25) is 29.5 Å². The van der Waals surface area contributed by atoms with E-state index < -0.39 is 17.6 Å². The molecular weight excluding hydrogens is 677 g/mol. The summed E-state index contributed by atoms with van der Waals surface area (Å²) in [6, 6.07) is 22.1. The molecule has 53 heavy (non-hydrogen) atoms. The fourth-order valence-corrected chi connectivity index (χ4v) is 7.88. The molecule has 0 saturated carbocycles. The maximum absolute atomic E-state index is 15.7. The van der Waals surface area contributed by atoms with Crippen molar-refractivity contribution in [1.29, 1.82) is 5.26 Å². The largest absolute Gasteiger partial charge is 0.383 e. The van der Waals surface area contributed by atoms with Crippen molar-refractivity contribution in [1.82, 2.24) is 10.2 Å². The molecule has 272 valence electrons. The van der Waals surface area contributed by atoms with Gasteiger partial charge in [0.2, 0.25) is 11.8 Å². The van der Waals surface area contributed by atoms with Crippen molar-refractivity contribution in [2.24, 2.45) is 0 Å². The van der Waals surface area contributed by atoms with Gasteiger partial charge in [-0.1, -0.05) is 30.3 Å². The highest BCUT2D eigenvalue weighted by atomic mass is 19.1. The second kappa shape index (κ2) is 14.3. The van der Waals surface area contributed by atoms with Gasteiger partial charge in [0, 0.05) is 62.2 Å². The van der Waals surface area contributed by atoms with E-state index in [1.807, 2.05) is 48.5 Å². The summed E-state index contributed by atoms with van der Waals surface area (Å²) in [7, 11) is 0. The summed E-state index contributed by atoms with van der Waals surface area (Å²) in [6.07, 6.45) is 1.35. The number of hydrogen-bond acceptors (Lipinski definition) is 9. The number of nitrogens with one attached hydrogen (secondary N) is 1. The highest BCUT2D eigenvalue weighted by molar-refractivity contribution is 6.27. The first-order valence-electron chi connectivity index (χ1n) is 18.1. The smallest absolute Gasteiger partial charge is 0.259 e. The van der Waals surface area contributed by atoms with Crippen LogP contribution in [0.4, 0.5) is 15.8 Å². The van der Waals surface area contributed by atoms with Crippen molar-refractivity contribution < 1.29 is 33.4 Å². The summed E-state index contributed by atoms with van der Waals surface area (Å²) in [6.45, 7) is 5.01. The number of aliphatic hydroxyl groups is 1. The van der Waals surface area contributed by atoms with Crippen LogP contribution >= 0.6 is 0 Å². The number of anilines is 2. The Morgan fingerprint density at radius 2 is 1.79 bits per heavy atom. The first-order valence-corrected chi connectivity index (χ1v) is 18.1. The van der Waals surface area contributed by atoms with E-state index in [1.54, 1.807) is 12.1 Å². The lowest BCUT2D eigenvalue weighted by atomic mass is 9.95. The minimum Gasteiger partial charge on any atom is -0.383 e. The Morgan fingerprint density at radius 3 is 2.53 bits per heavy atom. The molecule has 2 N–H and O–H groups in total. The van der Waals surface area contributed by atoms with Gasteiger partial charge in [0.1, 0.15) is 17.5 Å². The molecule has 0 aliphatic carbocycles. The van der Waals surface area contributed by atoms with Gasteiger partial charge in [-0.15, -0.1) is 0 Å². The second-order valence-electron chi connectivity index (χ2n) is 14.5. The van der Waals surface area contributed by atoms with E-state index in [9.17, 15) is 24.8 Å². The van der Waals surface area contributed by atoms with E-state index in [4.69, 9.17) is 9.47 Å². The average molecular weight is 718 g/mol. The van der Waals surface area contributed by atoms with E-state index in [0.29, 0.717) is 48.4 Å². The summed E-state index contributed by atoms with van der Waals surface area (Å²) in [5, 5.41) is 23.8. The number of carbonyl (C=O) groups excluding carboxylic acids is 3. The summed E-state index contributed by atoms with van der Waals surface area (Å²) in [5.41, 5.74) is 5.15. The van der Waals surface area contributed by atoms with Crippen LogP contribution in [0.2, 0.25) is 0 Å². The number of halogens is 1. The third-order valence-electron chi connectivity index (χ3n) is 10.8. The molecule has 3 fully saturated rings.